The van der Waals surface area contributed by atoms with Crippen molar-refractivity contribution < 1.29 is 4.74 Å². The Hall–Kier alpha value is -2.07. The highest BCUT2D eigenvalue weighted by molar-refractivity contribution is 6.30. The molecule has 2 aromatic heterocycles. The van der Waals surface area contributed by atoms with Crippen LogP contribution in [0, 0.1) is 6.92 Å². The summed E-state index contributed by atoms with van der Waals surface area (Å²) in [7, 11) is 1.67. The van der Waals surface area contributed by atoms with Crippen molar-refractivity contribution in [1.29, 1.82) is 0 Å². The lowest BCUT2D eigenvalue weighted by Gasteiger charge is -2.16. The van der Waals surface area contributed by atoms with Crippen molar-refractivity contribution in [3.63, 3.8) is 0 Å². The van der Waals surface area contributed by atoms with Gasteiger partial charge in [-0.3, -0.25) is 0 Å². The molecule has 0 radical (unpaired) electrons. The summed E-state index contributed by atoms with van der Waals surface area (Å²) in [6.45, 7) is 2.00. The Morgan fingerprint density at radius 3 is 2.61 bits per heavy atom. The Kier molecular flexibility index (Phi) is 3.49. The highest BCUT2D eigenvalue weighted by Crippen LogP contribution is 2.34. The van der Waals surface area contributed by atoms with Crippen molar-refractivity contribution in [2.75, 3.05) is 7.11 Å². The molecule has 0 N–H and O–H groups in total. The van der Waals surface area contributed by atoms with Gasteiger partial charge in [-0.15, -0.1) is 0 Å². The molecular weight excluding hydrogens is 310 g/mol. The van der Waals surface area contributed by atoms with Gasteiger partial charge < -0.3 is 4.74 Å². The third-order valence-electron chi connectivity index (χ3n) is 4.53. The summed E-state index contributed by atoms with van der Waals surface area (Å²) in [4.78, 5) is 4.90. The van der Waals surface area contributed by atoms with Crippen LogP contribution in [0.4, 0.5) is 0 Å². The van der Waals surface area contributed by atoms with Gasteiger partial charge in [-0.1, -0.05) is 23.7 Å². The summed E-state index contributed by atoms with van der Waals surface area (Å²) < 4.78 is 7.03. The Morgan fingerprint density at radius 2 is 1.87 bits per heavy atom. The number of hydrogen-bond acceptors (Lipinski definition) is 3. The number of benzene rings is 1. The molecule has 118 valence electrons. The first-order valence-corrected chi connectivity index (χ1v) is 8.28. The molecule has 4 rings (SSSR count). The van der Waals surface area contributed by atoms with E-state index in [4.69, 9.17) is 21.3 Å². The zero-order valence-electron chi connectivity index (χ0n) is 13.3. The van der Waals surface area contributed by atoms with Crippen molar-refractivity contribution in [2.24, 2.45) is 0 Å². The van der Waals surface area contributed by atoms with Crippen LogP contribution in [-0.2, 0) is 12.8 Å². The second-order valence-corrected chi connectivity index (χ2v) is 6.32. The normalized spacial score (nSPS) is 14.0. The van der Waals surface area contributed by atoms with E-state index in [1.54, 1.807) is 11.6 Å². The van der Waals surface area contributed by atoms with E-state index in [-0.39, 0.29) is 0 Å². The van der Waals surface area contributed by atoms with Gasteiger partial charge in [0.05, 0.1) is 12.8 Å². The van der Waals surface area contributed by atoms with Crippen molar-refractivity contribution in [2.45, 2.75) is 32.6 Å². The minimum Gasteiger partial charge on any atom is -0.497 e. The van der Waals surface area contributed by atoms with Crippen molar-refractivity contribution in [1.82, 2.24) is 14.6 Å². The summed E-state index contributed by atoms with van der Waals surface area (Å²) in [5, 5.41) is 5.35. The standard InChI is InChI=1S/C18H18ClN3O/c1-11-16(12-7-9-13(23-2)10-8-12)18-20-15-6-4-3-5-14(15)17(19)22(18)21-11/h7-10H,3-6H2,1-2H3. The largest absolute Gasteiger partial charge is 0.497 e. The van der Waals surface area contributed by atoms with Gasteiger partial charge in [-0.2, -0.15) is 5.10 Å². The average molecular weight is 328 g/mol. The van der Waals surface area contributed by atoms with E-state index in [2.05, 4.69) is 5.10 Å². The van der Waals surface area contributed by atoms with Crippen LogP contribution in [-0.4, -0.2) is 21.7 Å². The molecule has 3 aromatic rings. The molecule has 4 nitrogen and oxygen atoms in total. The maximum atomic E-state index is 6.62. The third kappa shape index (κ3) is 2.29. The van der Waals surface area contributed by atoms with E-state index in [1.807, 2.05) is 31.2 Å². The fourth-order valence-corrected chi connectivity index (χ4v) is 3.66. The monoisotopic (exact) mass is 327 g/mol. The van der Waals surface area contributed by atoms with Crippen molar-refractivity contribution in [3.05, 3.63) is 46.4 Å². The number of nitrogens with zero attached hydrogens (tertiary/aromatic N) is 3. The summed E-state index contributed by atoms with van der Waals surface area (Å²) >= 11 is 6.62. The molecule has 1 aromatic carbocycles. The van der Waals surface area contributed by atoms with Gasteiger partial charge in [0.15, 0.2) is 5.65 Å². The molecule has 5 heteroatoms. The number of fused-ring (bicyclic) bond motifs is 2. The minimum atomic E-state index is 0.715. The number of methoxy groups -OCH3 is 1. The van der Waals surface area contributed by atoms with Crippen LogP contribution in [0.15, 0.2) is 24.3 Å². The molecule has 0 amide bonds. The quantitative estimate of drug-likeness (QED) is 0.661. The van der Waals surface area contributed by atoms with Gasteiger partial charge in [0.1, 0.15) is 10.9 Å². The number of aryl methyl sites for hydroxylation is 2. The second kappa shape index (κ2) is 5.53. The van der Waals surface area contributed by atoms with E-state index >= 15 is 0 Å². The fourth-order valence-electron chi connectivity index (χ4n) is 3.34. The van der Waals surface area contributed by atoms with Crippen molar-refractivity contribution in [3.8, 4) is 16.9 Å². The number of ether oxygens (including phenoxy) is 1. The first-order valence-electron chi connectivity index (χ1n) is 7.90. The number of hydrogen-bond donors (Lipinski definition) is 0. The predicted octanol–water partition coefficient (Wildman–Crippen LogP) is 4.25. The predicted molar refractivity (Wildman–Crippen MR) is 91.4 cm³/mol. The van der Waals surface area contributed by atoms with Crippen LogP contribution < -0.4 is 4.74 Å². The Labute approximate surface area is 140 Å². The zero-order valence-corrected chi connectivity index (χ0v) is 14.0. The van der Waals surface area contributed by atoms with Gasteiger partial charge in [0.25, 0.3) is 0 Å². The van der Waals surface area contributed by atoms with Crippen LogP contribution >= 0.6 is 11.6 Å². The molecule has 0 saturated carbocycles. The van der Waals surface area contributed by atoms with E-state index in [0.717, 1.165) is 52.3 Å². The smallest absolute Gasteiger partial charge is 0.165 e. The lowest BCUT2D eigenvalue weighted by molar-refractivity contribution is 0.415. The van der Waals surface area contributed by atoms with Gasteiger partial charge in [-0.05, 0) is 50.3 Å². The van der Waals surface area contributed by atoms with Crippen LogP contribution in [0.5, 0.6) is 5.75 Å². The first kappa shape index (κ1) is 14.5. The molecule has 1 aliphatic carbocycles. The van der Waals surface area contributed by atoms with Crippen LogP contribution in [0.3, 0.4) is 0 Å². The Morgan fingerprint density at radius 1 is 1.13 bits per heavy atom. The molecule has 0 atom stereocenters. The van der Waals surface area contributed by atoms with Crippen LogP contribution in [0.1, 0.15) is 29.8 Å². The Balaban J connectivity index is 1.95. The maximum Gasteiger partial charge on any atom is 0.165 e. The van der Waals surface area contributed by atoms with E-state index in [9.17, 15) is 0 Å². The summed E-state index contributed by atoms with van der Waals surface area (Å²) in [5.74, 6) is 0.839. The lowest BCUT2D eigenvalue weighted by atomic mass is 9.97. The molecule has 0 saturated heterocycles. The molecule has 0 bridgehead atoms. The van der Waals surface area contributed by atoms with Gasteiger partial charge in [0.2, 0.25) is 0 Å². The van der Waals surface area contributed by atoms with E-state index in [1.165, 1.54) is 12.8 Å². The van der Waals surface area contributed by atoms with E-state index < -0.39 is 0 Å². The van der Waals surface area contributed by atoms with Gasteiger partial charge in [-0.25, -0.2) is 9.50 Å². The molecule has 0 fully saturated rings. The third-order valence-corrected chi connectivity index (χ3v) is 4.92. The summed E-state index contributed by atoms with van der Waals surface area (Å²) in [6, 6.07) is 7.99. The zero-order chi connectivity index (χ0) is 16.0. The first-order chi connectivity index (χ1) is 11.2. The van der Waals surface area contributed by atoms with Crippen LogP contribution in [0.2, 0.25) is 5.15 Å². The lowest BCUT2D eigenvalue weighted by Crippen LogP contribution is -2.10. The topological polar surface area (TPSA) is 39.4 Å². The number of halogens is 1. The average Bonchev–Trinajstić information content (AvgIpc) is 2.92. The molecular formula is C18H18ClN3O. The molecule has 2 heterocycles. The summed E-state index contributed by atoms with van der Waals surface area (Å²) in [6.07, 6.45) is 4.34. The number of rotatable bonds is 2. The number of aromatic nitrogens is 3. The van der Waals surface area contributed by atoms with Crippen LogP contribution in [0.25, 0.3) is 16.8 Å². The molecule has 0 aliphatic heterocycles. The molecule has 0 spiro atoms. The highest BCUT2D eigenvalue weighted by Gasteiger charge is 2.21. The fraction of sp³-hybridized carbons (Fsp3) is 0.333. The van der Waals surface area contributed by atoms with Gasteiger partial charge in [0, 0.05) is 16.8 Å². The summed E-state index contributed by atoms with van der Waals surface area (Å²) in [5.41, 5.74) is 6.20. The SMILES string of the molecule is COc1ccc(-c2c(C)nn3c(Cl)c4c(nc23)CCCC4)cc1. The second-order valence-electron chi connectivity index (χ2n) is 5.96. The highest BCUT2D eigenvalue weighted by atomic mass is 35.5. The maximum absolute atomic E-state index is 6.62. The van der Waals surface area contributed by atoms with E-state index in [0.29, 0.717) is 5.15 Å². The van der Waals surface area contributed by atoms with Gasteiger partial charge >= 0.3 is 0 Å². The van der Waals surface area contributed by atoms with Crippen molar-refractivity contribution >= 4 is 17.2 Å². The molecule has 1 aliphatic rings. The minimum absolute atomic E-state index is 0.715. The Bertz CT molecular complexity index is 884. The molecule has 23 heavy (non-hydrogen) atoms. The molecule has 0 unspecified atom stereocenters.